The molecule has 1 aromatic rings. The Morgan fingerprint density at radius 3 is 2.46 bits per heavy atom. The SMILES string of the molecule is CC(=O)N1CCN(C(=O)/C(C#N)=C\Nc2cccc(Cl)c2C)CC1. The third-order valence-electron chi connectivity index (χ3n) is 4.00. The molecule has 0 unspecified atom stereocenters. The number of rotatable bonds is 3. The molecule has 126 valence electrons. The minimum atomic E-state index is -0.340. The first-order chi connectivity index (χ1) is 11.4. The van der Waals surface area contributed by atoms with Crippen molar-refractivity contribution in [3.8, 4) is 6.07 Å². The summed E-state index contributed by atoms with van der Waals surface area (Å²) in [6.07, 6.45) is 1.40. The van der Waals surface area contributed by atoms with Crippen molar-refractivity contribution >= 4 is 29.1 Å². The smallest absolute Gasteiger partial charge is 0.266 e. The fraction of sp³-hybridized carbons (Fsp3) is 0.353. The van der Waals surface area contributed by atoms with E-state index in [2.05, 4.69) is 5.32 Å². The van der Waals surface area contributed by atoms with Crippen molar-refractivity contribution in [2.75, 3.05) is 31.5 Å². The normalized spacial score (nSPS) is 15.0. The van der Waals surface area contributed by atoms with Gasteiger partial charge in [-0.2, -0.15) is 5.26 Å². The quantitative estimate of drug-likeness (QED) is 0.672. The Balaban J connectivity index is 2.05. The maximum absolute atomic E-state index is 12.4. The predicted molar refractivity (Wildman–Crippen MR) is 92.3 cm³/mol. The average Bonchev–Trinajstić information content (AvgIpc) is 2.58. The Bertz CT molecular complexity index is 716. The van der Waals surface area contributed by atoms with Crippen LogP contribution >= 0.6 is 11.6 Å². The van der Waals surface area contributed by atoms with E-state index in [9.17, 15) is 14.9 Å². The summed E-state index contributed by atoms with van der Waals surface area (Å²) < 4.78 is 0. The van der Waals surface area contributed by atoms with Gasteiger partial charge in [0.15, 0.2) is 0 Å². The highest BCUT2D eigenvalue weighted by atomic mass is 35.5. The number of amides is 2. The third-order valence-corrected chi connectivity index (χ3v) is 4.41. The van der Waals surface area contributed by atoms with Crippen LogP contribution in [-0.2, 0) is 9.59 Å². The molecule has 7 heteroatoms. The molecule has 0 atom stereocenters. The van der Waals surface area contributed by atoms with Gasteiger partial charge in [-0.15, -0.1) is 0 Å². The molecule has 24 heavy (non-hydrogen) atoms. The molecule has 2 rings (SSSR count). The van der Waals surface area contributed by atoms with Crippen molar-refractivity contribution in [1.29, 1.82) is 5.26 Å². The van der Waals surface area contributed by atoms with E-state index in [1.54, 1.807) is 21.9 Å². The van der Waals surface area contributed by atoms with E-state index in [1.807, 2.05) is 19.1 Å². The molecule has 1 fully saturated rings. The monoisotopic (exact) mass is 346 g/mol. The standard InChI is InChI=1S/C17H19ClN4O2/c1-12-15(18)4-3-5-16(12)20-11-14(10-19)17(24)22-8-6-21(7-9-22)13(2)23/h3-5,11,20H,6-9H2,1-2H3/b14-11-. The fourth-order valence-corrected chi connectivity index (χ4v) is 2.62. The number of halogens is 1. The second-order valence-corrected chi connectivity index (χ2v) is 5.93. The van der Waals surface area contributed by atoms with Gasteiger partial charge in [-0.3, -0.25) is 9.59 Å². The van der Waals surface area contributed by atoms with E-state index in [1.165, 1.54) is 13.1 Å². The first kappa shape index (κ1) is 17.8. The molecule has 1 N–H and O–H groups in total. The molecule has 1 saturated heterocycles. The van der Waals surface area contributed by atoms with Gasteiger partial charge < -0.3 is 15.1 Å². The second-order valence-electron chi connectivity index (χ2n) is 5.52. The molecule has 6 nitrogen and oxygen atoms in total. The Morgan fingerprint density at radius 1 is 1.25 bits per heavy atom. The van der Waals surface area contributed by atoms with Gasteiger partial charge in [-0.05, 0) is 24.6 Å². The average molecular weight is 347 g/mol. The number of hydrogen-bond donors (Lipinski definition) is 1. The largest absolute Gasteiger partial charge is 0.360 e. The minimum Gasteiger partial charge on any atom is -0.360 e. The Morgan fingerprint density at radius 2 is 1.88 bits per heavy atom. The van der Waals surface area contributed by atoms with Gasteiger partial charge in [-0.1, -0.05) is 17.7 Å². The van der Waals surface area contributed by atoms with E-state index in [-0.39, 0.29) is 17.4 Å². The summed E-state index contributed by atoms with van der Waals surface area (Å²) in [5.41, 5.74) is 1.60. The number of benzene rings is 1. The zero-order chi connectivity index (χ0) is 17.7. The molecule has 1 aliphatic heterocycles. The van der Waals surface area contributed by atoms with Crippen LogP contribution < -0.4 is 5.32 Å². The van der Waals surface area contributed by atoms with Crippen molar-refractivity contribution < 1.29 is 9.59 Å². The lowest BCUT2D eigenvalue weighted by Gasteiger charge is -2.34. The Hall–Kier alpha value is -2.52. The van der Waals surface area contributed by atoms with Crippen LogP contribution in [0.5, 0.6) is 0 Å². The molecule has 1 aromatic carbocycles. The van der Waals surface area contributed by atoms with Crippen LogP contribution in [0.15, 0.2) is 30.0 Å². The number of nitrogens with one attached hydrogen (secondary N) is 1. The highest BCUT2D eigenvalue weighted by Gasteiger charge is 2.24. The molecule has 0 spiro atoms. The lowest BCUT2D eigenvalue weighted by Crippen LogP contribution is -2.50. The molecule has 0 aliphatic carbocycles. The number of anilines is 1. The first-order valence-corrected chi connectivity index (χ1v) is 7.98. The van der Waals surface area contributed by atoms with Crippen LogP contribution in [0.4, 0.5) is 5.69 Å². The number of nitriles is 1. The summed E-state index contributed by atoms with van der Waals surface area (Å²) in [5.74, 6) is -0.343. The molecule has 2 amide bonds. The van der Waals surface area contributed by atoms with Crippen LogP contribution in [0.3, 0.4) is 0 Å². The lowest BCUT2D eigenvalue weighted by atomic mass is 10.2. The van der Waals surface area contributed by atoms with E-state index >= 15 is 0 Å². The summed E-state index contributed by atoms with van der Waals surface area (Å²) >= 11 is 6.05. The molecular weight excluding hydrogens is 328 g/mol. The van der Waals surface area contributed by atoms with E-state index < -0.39 is 0 Å². The van der Waals surface area contributed by atoms with Crippen molar-refractivity contribution in [3.63, 3.8) is 0 Å². The van der Waals surface area contributed by atoms with Crippen molar-refractivity contribution in [2.45, 2.75) is 13.8 Å². The van der Waals surface area contributed by atoms with Crippen molar-refractivity contribution in [2.24, 2.45) is 0 Å². The topological polar surface area (TPSA) is 76.4 Å². The van der Waals surface area contributed by atoms with Gasteiger partial charge in [0.25, 0.3) is 5.91 Å². The summed E-state index contributed by atoms with van der Waals surface area (Å²) in [7, 11) is 0. The molecule has 0 radical (unpaired) electrons. The van der Waals surface area contributed by atoms with Gasteiger partial charge in [0.1, 0.15) is 11.6 Å². The van der Waals surface area contributed by atoms with Gasteiger partial charge in [0.2, 0.25) is 5.91 Å². The zero-order valence-corrected chi connectivity index (χ0v) is 14.4. The second kappa shape index (κ2) is 7.84. The number of carbonyl (C=O) groups excluding carboxylic acids is 2. The summed E-state index contributed by atoms with van der Waals surface area (Å²) in [5, 5.41) is 12.9. The Kier molecular flexibility index (Phi) is 5.83. The predicted octanol–water partition coefficient (Wildman–Crippen LogP) is 2.16. The van der Waals surface area contributed by atoms with E-state index in [0.29, 0.717) is 31.2 Å². The highest BCUT2D eigenvalue weighted by molar-refractivity contribution is 6.31. The van der Waals surface area contributed by atoms with Gasteiger partial charge in [0.05, 0.1) is 0 Å². The third kappa shape index (κ3) is 4.06. The molecule has 0 aromatic heterocycles. The van der Waals surface area contributed by atoms with Gasteiger partial charge in [0, 0.05) is 50.0 Å². The van der Waals surface area contributed by atoms with Crippen LogP contribution in [0.2, 0.25) is 5.02 Å². The Labute approximate surface area is 146 Å². The summed E-state index contributed by atoms with van der Waals surface area (Å²) in [6, 6.07) is 7.32. The fourth-order valence-electron chi connectivity index (χ4n) is 2.45. The van der Waals surface area contributed by atoms with Crippen molar-refractivity contribution in [1.82, 2.24) is 9.80 Å². The van der Waals surface area contributed by atoms with Gasteiger partial charge >= 0.3 is 0 Å². The van der Waals surface area contributed by atoms with E-state index in [4.69, 9.17) is 11.6 Å². The van der Waals surface area contributed by atoms with Crippen molar-refractivity contribution in [3.05, 3.63) is 40.6 Å². The van der Waals surface area contributed by atoms with Crippen LogP contribution in [0.1, 0.15) is 12.5 Å². The van der Waals surface area contributed by atoms with Crippen LogP contribution in [-0.4, -0.2) is 47.8 Å². The summed E-state index contributed by atoms with van der Waals surface area (Å²) in [6.45, 7) is 5.19. The lowest BCUT2D eigenvalue weighted by molar-refractivity contribution is -0.136. The van der Waals surface area contributed by atoms with Crippen LogP contribution in [0.25, 0.3) is 0 Å². The number of piperazine rings is 1. The number of nitrogens with zero attached hydrogens (tertiary/aromatic N) is 3. The summed E-state index contributed by atoms with van der Waals surface area (Å²) in [4.78, 5) is 27.0. The molecule has 0 saturated carbocycles. The molecule has 0 bridgehead atoms. The van der Waals surface area contributed by atoms with Crippen LogP contribution in [0, 0.1) is 18.3 Å². The minimum absolute atomic E-state index is 0.00348. The molecule has 1 heterocycles. The maximum Gasteiger partial charge on any atom is 0.266 e. The number of hydrogen-bond acceptors (Lipinski definition) is 4. The molecular formula is C17H19ClN4O2. The maximum atomic E-state index is 12.4. The number of carbonyl (C=O) groups is 2. The zero-order valence-electron chi connectivity index (χ0n) is 13.7. The highest BCUT2D eigenvalue weighted by Crippen LogP contribution is 2.23. The molecule has 1 aliphatic rings. The van der Waals surface area contributed by atoms with E-state index in [0.717, 1.165) is 11.3 Å². The van der Waals surface area contributed by atoms with Gasteiger partial charge in [-0.25, -0.2) is 0 Å². The first-order valence-electron chi connectivity index (χ1n) is 7.60.